The molecule has 1 aromatic heterocycles. The zero-order valence-corrected chi connectivity index (χ0v) is 11.5. The Morgan fingerprint density at radius 2 is 2.33 bits per heavy atom. The highest BCUT2D eigenvalue weighted by Crippen LogP contribution is 2.27. The van der Waals surface area contributed by atoms with Gasteiger partial charge in [0, 0.05) is 38.5 Å². The van der Waals surface area contributed by atoms with Crippen LogP contribution in [0.2, 0.25) is 0 Å². The molecule has 2 unspecified atom stereocenters. The molecule has 2 rings (SSSR count). The molecule has 0 saturated carbocycles. The third-order valence-corrected chi connectivity index (χ3v) is 3.96. The van der Waals surface area contributed by atoms with Crippen LogP contribution in [0.4, 0.5) is 5.82 Å². The largest absolute Gasteiger partial charge is 0.379 e. The fourth-order valence-corrected chi connectivity index (χ4v) is 2.63. The van der Waals surface area contributed by atoms with Crippen molar-refractivity contribution in [2.24, 2.45) is 11.7 Å². The second-order valence-electron chi connectivity index (χ2n) is 5.12. The molecule has 2 atom stereocenters. The standard InChI is InChI=1S/C14H23N3O/c1-10-4-6-16-14(12(10)8-15)17-7-5-11(2)13(9-17)18-3/h4,6,11,13H,5,7-9,15H2,1-3H3. The lowest BCUT2D eigenvalue weighted by molar-refractivity contribution is 0.0496. The monoisotopic (exact) mass is 249 g/mol. The quantitative estimate of drug-likeness (QED) is 0.886. The first-order chi connectivity index (χ1) is 8.67. The molecule has 0 bridgehead atoms. The number of anilines is 1. The van der Waals surface area contributed by atoms with Gasteiger partial charge in [0.15, 0.2) is 0 Å². The van der Waals surface area contributed by atoms with E-state index in [1.807, 2.05) is 12.3 Å². The normalized spacial score (nSPS) is 24.3. The van der Waals surface area contributed by atoms with Gasteiger partial charge in [-0.1, -0.05) is 6.92 Å². The first-order valence-electron chi connectivity index (χ1n) is 6.59. The molecular formula is C14H23N3O. The summed E-state index contributed by atoms with van der Waals surface area (Å²) >= 11 is 0. The maximum atomic E-state index is 5.85. The van der Waals surface area contributed by atoms with Gasteiger partial charge in [0.25, 0.3) is 0 Å². The summed E-state index contributed by atoms with van der Waals surface area (Å²) in [5.41, 5.74) is 8.23. The SMILES string of the molecule is COC1CN(c2nccc(C)c2CN)CCC1C. The third kappa shape index (κ3) is 2.49. The summed E-state index contributed by atoms with van der Waals surface area (Å²) in [6.45, 7) is 6.82. The number of aromatic nitrogens is 1. The summed E-state index contributed by atoms with van der Waals surface area (Å²) in [5, 5.41) is 0. The number of ether oxygens (including phenoxy) is 1. The topological polar surface area (TPSA) is 51.4 Å². The van der Waals surface area contributed by atoms with Crippen molar-refractivity contribution in [3.63, 3.8) is 0 Å². The van der Waals surface area contributed by atoms with Gasteiger partial charge in [-0.25, -0.2) is 4.98 Å². The predicted octanol–water partition coefficient (Wildman–Crippen LogP) is 1.71. The van der Waals surface area contributed by atoms with Crippen LogP contribution in [0.3, 0.4) is 0 Å². The van der Waals surface area contributed by atoms with E-state index in [1.165, 1.54) is 5.56 Å². The number of hydrogen-bond acceptors (Lipinski definition) is 4. The van der Waals surface area contributed by atoms with Gasteiger partial charge in [-0.05, 0) is 30.9 Å². The van der Waals surface area contributed by atoms with Gasteiger partial charge in [0.2, 0.25) is 0 Å². The molecule has 100 valence electrons. The lowest BCUT2D eigenvalue weighted by Gasteiger charge is -2.37. The average molecular weight is 249 g/mol. The van der Waals surface area contributed by atoms with Crippen molar-refractivity contribution in [3.05, 3.63) is 23.4 Å². The summed E-state index contributed by atoms with van der Waals surface area (Å²) in [6.07, 6.45) is 3.29. The van der Waals surface area contributed by atoms with E-state index in [1.54, 1.807) is 7.11 Å². The van der Waals surface area contributed by atoms with Gasteiger partial charge in [0.05, 0.1) is 6.10 Å². The number of pyridine rings is 1. The molecule has 0 radical (unpaired) electrons. The highest BCUT2D eigenvalue weighted by molar-refractivity contribution is 5.50. The van der Waals surface area contributed by atoms with Crippen molar-refractivity contribution in [1.82, 2.24) is 4.98 Å². The van der Waals surface area contributed by atoms with E-state index in [-0.39, 0.29) is 6.10 Å². The first-order valence-corrected chi connectivity index (χ1v) is 6.59. The molecule has 0 spiro atoms. The van der Waals surface area contributed by atoms with E-state index in [9.17, 15) is 0 Å². The highest BCUT2D eigenvalue weighted by Gasteiger charge is 2.27. The zero-order valence-electron chi connectivity index (χ0n) is 11.5. The number of nitrogens with zero attached hydrogens (tertiary/aromatic N) is 2. The number of piperidine rings is 1. The number of hydrogen-bond donors (Lipinski definition) is 1. The van der Waals surface area contributed by atoms with Crippen molar-refractivity contribution >= 4 is 5.82 Å². The molecule has 0 amide bonds. The van der Waals surface area contributed by atoms with Crippen LogP contribution in [0.15, 0.2) is 12.3 Å². The summed E-state index contributed by atoms with van der Waals surface area (Å²) in [6, 6.07) is 2.02. The van der Waals surface area contributed by atoms with E-state index in [2.05, 4.69) is 23.7 Å². The second kappa shape index (κ2) is 5.67. The molecule has 4 nitrogen and oxygen atoms in total. The van der Waals surface area contributed by atoms with Crippen LogP contribution in [0.25, 0.3) is 0 Å². The lowest BCUT2D eigenvalue weighted by Crippen LogP contribution is -2.44. The van der Waals surface area contributed by atoms with Crippen LogP contribution in [0.1, 0.15) is 24.5 Å². The average Bonchev–Trinajstić information content (AvgIpc) is 2.39. The molecule has 2 heterocycles. The molecule has 0 aromatic carbocycles. The first kappa shape index (κ1) is 13.3. The molecule has 0 aliphatic carbocycles. The minimum absolute atomic E-state index is 0.284. The van der Waals surface area contributed by atoms with Crippen LogP contribution in [0, 0.1) is 12.8 Å². The number of nitrogens with two attached hydrogens (primary N) is 1. The van der Waals surface area contributed by atoms with Gasteiger partial charge in [-0.15, -0.1) is 0 Å². The second-order valence-corrected chi connectivity index (χ2v) is 5.12. The predicted molar refractivity (Wildman–Crippen MR) is 73.7 cm³/mol. The van der Waals surface area contributed by atoms with E-state index in [4.69, 9.17) is 10.5 Å². The smallest absolute Gasteiger partial charge is 0.133 e. The Hall–Kier alpha value is -1.13. The Kier molecular flexibility index (Phi) is 4.19. The maximum Gasteiger partial charge on any atom is 0.133 e. The molecule has 18 heavy (non-hydrogen) atoms. The van der Waals surface area contributed by atoms with Crippen LogP contribution in [-0.4, -0.2) is 31.3 Å². The van der Waals surface area contributed by atoms with Crippen molar-refractivity contribution in [2.75, 3.05) is 25.1 Å². The zero-order chi connectivity index (χ0) is 13.1. The van der Waals surface area contributed by atoms with E-state index in [0.717, 1.165) is 30.9 Å². The van der Waals surface area contributed by atoms with E-state index < -0.39 is 0 Å². The molecule has 1 aliphatic rings. The van der Waals surface area contributed by atoms with Gasteiger partial charge in [-0.2, -0.15) is 0 Å². The molecule has 1 aliphatic heterocycles. The minimum Gasteiger partial charge on any atom is -0.379 e. The van der Waals surface area contributed by atoms with Crippen LogP contribution >= 0.6 is 0 Å². The van der Waals surface area contributed by atoms with Crippen LogP contribution in [0.5, 0.6) is 0 Å². The highest BCUT2D eigenvalue weighted by atomic mass is 16.5. The summed E-state index contributed by atoms with van der Waals surface area (Å²) < 4.78 is 5.56. The van der Waals surface area contributed by atoms with E-state index in [0.29, 0.717) is 12.5 Å². The minimum atomic E-state index is 0.284. The van der Waals surface area contributed by atoms with Crippen molar-refractivity contribution in [1.29, 1.82) is 0 Å². The molecule has 1 fully saturated rings. The number of rotatable bonds is 3. The van der Waals surface area contributed by atoms with Crippen LogP contribution in [-0.2, 0) is 11.3 Å². The summed E-state index contributed by atoms with van der Waals surface area (Å²) in [4.78, 5) is 6.83. The van der Waals surface area contributed by atoms with Crippen molar-refractivity contribution in [2.45, 2.75) is 32.9 Å². The van der Waals surface area contributed by atoms with Gasteiger partial charge >= 0.3 is 0 Å². The molecular weight excluding hydrogens is 226 g/mol. The fourth-order valence-electron chi connectivity index (χ4n) is 2.63. The Morgan fingerprint density at radius 1 is 1.56 bits per heavy atom. The number of methoxy groups -OCH3 is 1. The Bertz CT molecular complexity index is 408. The lowest BCUT2D eigenvalue weighted by atomic mass is 9.95. The third-order valence-electron chi connectivity index (χ3n) is 3.96. The summed E-state index contributed by atoms with van der Waals surface area (Å²) in [7, 11) is 1.79. The number of aryl methyl sites for hydroxylation is 1. The maximum absolute atomic E-state index is 5.85. The molecule has 2 N–H and O–H groups in total. The Balaban J connectivity index is 2.24. The van der Waals surface area contributed by atoms with Crippen molar-refractivity contribution < 1.29 is 4.74 Å². The van der Waals surface area contributed by atoms with Crippen molar-refractivity contribution in [3.8, 4) is 0 Å². The fraction of sp³-hybridized carbons (Fsp3) is 0.643. The Labute approximate surface area is 109 Å². The summed E-state index contributed by atoms with van der Waals surface area (Å²) in [5.74, 6) is 1.64. The Morgan fingerprint density at radius 3 is 3.00 bits per heavy atom. The van der Waals surface area contributed by atoms with Gasteiger partial charge in [-0.3, -0.25) is 0 Å². The molecule has 1 aromatic rings. The van der Waals surface area contributed by atoms with Crippen LogP contribution < -0.4 is 10.6 Å². The molecule has 1 saturated heterocycles. The molecule has 4 heteroatoms. The van der Waals surface area contributed by atoms with Gasteiger partial charge in [0.1, 0.15) is 5.82 Å². The van der Waals surface area contributed by atoms with E-state index >= 15 is 0 Å². The van der Waals surface area contributed by atoms with Gasteiger partial charge < -0.3 is 15.4 Å².